The normalized spacial score (nSPS) is 21.4. The fourth-order valence-corrected chi connectivity index (χ4v) is 4.09. The predicted octanol–water partition coefficient (Wildman–Crippen LogP) is 3.82. The maximum atomic E-state index is 12.8. The SMILES string of the molecule is Cc1nc(C(C)C)sc1C(=O)N[C@@H](c1ccccc1)C1CC(O)C1. The van der Waals surface area contributed by atoms with E-state index in [9.17, 15) is 9.90 Å². The van der Waals surface area contributed by atoms with E-state index < -0.39 is 0 Å². The Kier molecular flexibility index (Phi) is 5.01. The summed E-state index contributed by atoms with van der Waals surface area (Å²) in [6.45, 7) is 6.06. The van der Waals surface area contributed by atoms with Crippen LogP contribution >= 0.6 is 11.3 Å². The number of hydrogen-bond acceptors (Lipinski definition) is 4. The lowest BCUT2D eigenvalue weighted by atomic mass is 9.75. The van der Waals surface area contributed by atoms with Crippen LogP contribution in [0.3, 0.4) is 0 Å². The van der Waals surface area contributed by atoms with Crippen molar-refractivity contribution in [3.8, 4) is 0 Å². The van der Waals surface area contributed by atoms with Crippen LogP contribution in [-0.4, -0.2) is 22.1 Å². The number of aromatic nitrogens is 1. The molecule has 1 aromatic carbocycles. The number of aliphatic hydroxyl groups is 1. The van der Waals surface area contributed by atoms with Gasteiger partial charge in [-0.3, -0.25) is 4.79 Å². The average Bonchev–Trinajstić information content (AvgIpc) is 2.93. The fourth-order valence-electron chi connectivity index (χ4n) is 3.12. The van der Waals surface area contributed by atoms with Gasteiger partial charge in [0.1, 0.15) is 4.88 Å². The summed E-state index contributed by atoms with van der Waals surface area (Å²) in [5, 5.41) is 13.8. The van der Waals surface area contributed by atoms with Crippen molar-refractivity contribution in [3.63, 3.8) is 0 Å². The molecule has 0 bridgehead atoms. The summed E-state index contributed by atoms with van der Waals surface area (Å²) < 4.78 is 0. The fraction of sp³-hybridized carbons (Fsp3) is 0.474. The first-order valence-corrected chi connectivity index (χ1v) is 9.28. The highest BCUT2D eigenvalue weighted by molar-refractivity contribution is 7.13. The number of benzene rings is 1. The van der Waals surface area contributed by atoms with E-state index in [1.165, 1.54) is 11.3 Å². The van der Waals surface area contributed by atoms with Gasteiger partial charge >= 0.3 is 0 Å². The van der Waals surface area contributed by atoms with Gasteiger partial charge in [-0.2, -0.15) is 0 Å². The van der Waals surface area contributed by atoms with Crippen molar-refractivity contribution >= 4 is 17.2 Å². The zero-order valence-electron chi connectivity index (χ0n) is 14.3. The topological polar surface area (TPSA) is 62.2 Å². The van der Waals surface area contributed by atoms with Gasteiger partial charge < -0.3 is 10.4 Å². The smallest absolute Gasteiger partial charge is 0.263 e. The first-order valence-electron chi connectivity index (χ1n) is 8.47. The number of thiazole rings is 1. The number of hydrogen-bond donors (Lipinski definition) is 2. The first-order chi connectivity index (χ1) is 11.5. The minimum atomic E-state index is -0.240. The minimum Gasteiger partial charge on any atom is -0.393 e. The van der Waals surface area contributed by atoms with E-state index in [4.69, 9.17) is 0 Å². The quantitative estimate of drug-likeness (QED) is 0.867. The lowest BCUT2D eigenvalue weighted by Crippen LogP contribution is -2.41. The lowest BCUT2D eigenvalue weighted by molar-refractivity contribution is 0.0235. The Morgan fingerprint density at radius 1 is 1.29 bits per heavy atom. The standard InChI is InChI=1S/C19H24N2O2S/c1-11(2)19-20-12(3)17(24-19)18(23)21-16(14-9-15(22)10-14)13-7-5-4-6-8-13/h4-8,11,14-16,22H,9-10H2,1-3H3,(H,21,23)/t14?,15?,16-/m0/s1. The molecule has 0 saturated heterocycles. The Bertz CT molecular complexity index is 705. The van der Waals surface area contributed by atoms with E-state index in [2.05, 4.69) is 24.1 Å². The van der Waals surface area contributed by atoms with Gasteiger partial charge in [-0.05, 0) is 31.2 Å². The molecule has 1 saturated carbocycles. The summed E-state index contributed by atoms with van der Waals surface area (Å²) >= 11 is 1.48. The molecule has 1 aliphatic carbocycles. The molecule has 1 aliphatic rings. The van der Waals surface area contributed by atoms with E-state index in [1.54, 1.807) is 0 Å². The first kappa shape index (κ1) is 17.1. The van der Waals surface area contributed by atoms with Gasteiger partial charge in [0.05, 0.1) is 22.8 Å². The van der Waals surface area contributed by atoms with Gasteiger partial charge in [-0.1, -0.05) is 44.2 Å². The van der Waals surface area contributed by atoms with Gasteiger partial charge in [-0.25, -0.2) is 4.98 Å². The highest BCUT2D eigenvalue weighted by atomic mass is 32.1. The molecule has 1 aromatic heterocycles. The number of aliphatic hydroxyl groups excluding tert-OH is 1. The number of nitrogens with one attached hydrogen (secondary N) is 1. The summed E-state index contributed by atoms with van der Waals surface area (Å²) in [5.41, 5.74) is 1.88. The molecular formula is C19H24N2O2S. The Morgan fingerprint density at radius 3 is 2.50 bits per heavy atom. The Hall–Kier alpha value is -1.72. The molecule has 128 valence electrons. The van der Waals surface area contributed by atoms with Gasteiger partial charge in [-0.15, -0.1) is 11.3 Å². The van der Waals surface area contributed by atoms with Crippen LogP contribution in [0.15, 0.2) is 30.3 Å². The number of carbonyl (C=O) groups excluding carboxylic acids is 1. The molecule has 1 atom stereocenters. The molecule has 0 spiro atoms. The van der Waals surface area contributed by atoms with Crippen LogP contribution in [0.5, 0.6) is 0 Å². The highest BCUT2D eigenvalue weighted by Crippen LogP contribution is 2.38. The molecule has 2 N–H and O–H groups in total. The minimum absolute atomic E-state index is 0.0628. The monoisotopic (exact) mass is 344 g/mol. The van der Waals surface area contributed by atoms with Crippen LogP contribution < -0.4 is 5.32 Å². The molecule has 3 rings (SSSR count). The largest absolute Gasteiger partial charge is 0.393 e. The molecule has 2 aromatic rings. The van der Waals surface area contributed by atoms with Crippen molar-refractivity contribution < 1.29 is 9.90 Å². The molecule has 5 heteroatoms. The van der Waals surface area contributed by atoms with Crippen molar-refractivity contribution in [2.45, 2.75) is 51.7 Å². The second-order valence-corrected chi connectivity index (χ2v) is 7.90. The number of amides is 1. The molecule has 1 fully saturated rings. The van der Waals surface area contributed by atoms with Gasteiger partial charge in [0.15, 0.2) is 0 Å². The lowest BCUT2D eigenvalue weighted by Gasteiger charge is -2.38. The molecular weight excluding hydrogens is 320 g/mol. The zero-order chi connectivity index (χ0) is 17.3. The van der Waals surface area contributed by atoms with Gasteiger partial charge in [0, 0.05) is 5.92 Å². The molecule has 0 aliphatic heterocycles. The van der Waals surface area contributed by atoms with Crippen LogP contribution in [0.1, 0.15) is 64.6 Å². The van der Waals surface area contributed by atoms with Gasteiger partial charge in [0.25, 0.3) is 5.91 Å². The van der Waals surface area contributed by atoms with E-state index in [0.29, 0.717) is 10.8 Å². The van der Waals surface area contributed by atoms with Gasteiger partial charge in [0.2, 0.25) is 0 Å². The summed E-state index contributed by atoms with van der Waals surface area (Å²) in [6.07, 6.45) is 1.23. The third-order valence-electron chi connectivity index (χ3n) is 4.58. The molecule has 24 heavy (non-hydrogen) atoms. The van der Waals surface area contributed by atoms with E-state index in [0.717, 1.165) is 29.1 Å². The predicted molar refractivity (Wildman–Crippen MR) is 96.3 cm³/mol. The summed E-state index contributed by atoms with van der Waals surface area (Å²) in [7, 11) is 0. The highest BCUT2D eigenvalue weighted by Gasteiger charge is 2.36. The third-order valence-corrected chi connectivity index (χ3v) is 6.04. The number of nitrogens with zero attached hydrogens (tertiary/aromatic N) is 1. The Morgan fingerprint density at radius 2 is 1.96 bits per heavy atom. The van der Waals surface area contributed by atoms with Crippen LogP contribution in [-0.2, 0) is 0 Å². The molecule has 0 radical (unpaired) electrons. The average molecular weight is 344 g/mol. The molecule has 4 nitrogen and oxygen atoms in total. The Labute approximate surface area is 146 Å². The molecule has 1 amide bonds. The number of rotatable bonds is 5. The number of aryl methyl sites for hydroxylation is 1. The van der Waals surface area contributed by atoms with Crippen LogP contribution in [0.4, 0.5) is 0 Å². The Balaban J connectivity index is 1.81. The maximum absolute atomic E-state index is 12.8. The second kappa shape index (κ2) is 7.03. The van der Waals surface area contributed by atoms with Crippen molar-refractivity contribution in [1.29, 1.82) is 0 Å². The van der Waals surface area contributed by atoms with Crippen molar-refractivity contribution in [2.75, 3.05) is 0 Å². The van der Waals surface area contributed by atoms with Crippen LogP contribution in [0, 0.1) is 12.8 Å². The summed E-state index contributed by atoms with van der Waals surface area (Å²) in [5.74, 6) is 0.540. The maximum Gasteiger partial charge on any atom is 0.263 e. The van der Waals surface area contributed by atoms with E-state index >= 15 is 0 Å². The van der Waals surface area contributed by atoms with E-state index in [1.807, 2.05) is 37.3 Å². The van der Waals surface area contributed by atoms with Crippen LogP contribution in [0.25, 0.3) is 0 Å². The van der Waals surface area contributed by atoms with E-state index in [-0.39, 0.29) is 24.0 Å². The number of carbonyl (C=O) groups is 1. The van der Waals surface area contributed by atoms with Crippen molar-refractivity contribution in [2.24, 2.45) is 5.92 Å². The summed E-state index contributed by atoms with van der Waals surface area (Å²) in [4.78, 5) is 18.0. The van der Waals surface area contributed by atoms with Crippen molar-refractivity contribution in [3.05, 3.63) is 51.5 Å². The summed E-state index contributed by atoms with van der Waals surface area (Å²) in [6, 6.07) is 9.95. The zero-order valence-corrected chi connectivity index (χ0v) is 15.1. The second-order valence-electron chi connectivity index (χ2n) is 6.87. The molecule has 0 unspecified atom stereocenters. The molecule has 1 heterocycles. The van der Waals surface area contributed by atoms with Crippen LogP contribution in [0.2, 0.25) is 0 Å². The van der Waals surface area contributed by atoms with Crippen molar-refractivity contribution in [1.82, 2.24) is 10.3 Å². The third kappa shape index (κ3) is 3.52.